The van der Waals surface area contributed by atoms with Crippen molar-refractivity contribution in [3.05, 3.63) is 0 Å². The molecule has 2 N–H and O–H groups in total. The molecule has 5 heteroatoms. The third-order valence-electron chi connectivity index (χ3n) is 2.12. The van der Waals surface area contributed by atoms with Gasteiger partial charge in [0.2, 0.25) is 0 Å². The minimum absolute atomic E-state index is 0.195. The summed E-state index contributed by atoms with van der Waals surface area (Å²) in [6.07, 6.45) is 0. The fraction of sp³-hybridized carbons (Fsp3) is 1.00. The molecule has 0 saturated carbocycles. The van der Waals surface area contributed by atoms with Crippen molar-refractivity contribution < 1.29 is 10.2 Å². The van der Waals surface area contributed by atoms with Crippen LogP contribution in [0.15, 0.2) is 0 Å². The van der Waals surface area contributed by atoms with E-state index >= 15 is 0 Å². The SMILES string of the molecule is CN1CN(CCO)CN(CCO)C1. The van der Waals surface area contributed by atoms with Crippen molar-refractivity contribution in [2.75, 3.05) is 53.4 Å². The second kappa shape index (κ2) is 5.51. The van der Waals surface area contributed by atoms with Gasteiger partial charge in [-0.25, -0.2) is 0 Å². The van der Waals surface area contributed by atoms with Crippen molar-refractivity contribution in [3.63, 3.8) is 0 Å². The summed E-state index contributed by atoms with van der Waals surface area (Å²) in [4.78, 5) is 6.47. The molecule has 78 valence electrons. The summed E-state index contributed by atoms with van der Waals surface area (Å²) in [5.74, 6) is 0. The van der Waals surface area contributed by atoms with Gasteiger partial charge in [-0.05, 0) is 7.05 Å². The zero-order valence-electron chi connectivity index (χ0n) is 8.19. The molecule has 0 spiro atoms. The van der Waals surface area contributed by atoms with Crippen molar-refractivity contribution in [1.29, 1.82) is 0 Å². The molecule has 0 aromatic carbocycles. The van der Waals surface area contributed by atoms with Gasteiger partial charge in [-0.3, -0.25) is 14.7 Å². The third kappa shape index (κ3) is 3.58. The lowest BCUT2D eigenvalue weighted by atomic mass is 10.4. The van der Waals surface area contributed by atoms with Gasteiger partial charge in [0, 0.05) is 13.1 Å². The third-order valence-corrected chi connectivity index (χ3v) is 2.12. The van der Waals surface area contributed by atoms with E-state index in [4.69, 9.17) is 10.2 Å². The van der Waals surface area contributed by atoms with Crippen molar-refractivity contribution >= 4 is 0 Å². The second-order valence-electron chi connectivity index (χ2n) is 3.52. The zero-order chi connectivity index (χ0) is 9.68. The van der Waals surface area contributed by atoms with Gasteiger partial charge in [0.25, 0.3) is 0 Å². The van der Waals surface area contributed by atoms with Crippen LogP contribution in [0.1, 0.15) is 0 Å². The minimum Gasteiger partial charge on any atom is -0.395 e. The second-order valence-corrected chi connectivity index (χ2v) is 3.52. The van der Waals surface area contributed by atoms with E-state index in [2.05, 4.69) is 14.7 Å². The Hall–Kier alpha value is -0.200. The Kier molecular flexibility index (Phi) is 4.61. The van der Waals surface area contributed by atoms with E-state index < -0.39 is 0 Å². The normalized spacial score (nSPS) is 22.4. The zero-order valence-corrected chi connectivity index (χ0v) is 8.19. The van der Waals surface area contributed by atoms with E-state index in [9.17, 15) is 0 Å². The highest BCUT2D eigenvalue weighted by atomic mass is 16.3. The molecule has 5 nitrogen and oxygen atoms in total. The molecule has 1 heterocycles. The standard InChI is InChI=1S/C8H19N3O2/c1-9-6-10(2-4-12)8-11(7-9)3-5-13/h12-13H,2-8H2,1H3. The molecule has 0 aliphatic carbocycles. The van der Waals surface area contributed by atoms with E-state index in [0.29, 0.717) is 13.1 Å². The molecular formula is C8H19N3O2. The highest BCUT2D eigenvalue weighted by Crippen LogP contribution is 2.03. The Balaban J connectivity index is 2.33. The van der Waals surface area contributed by atoms with Crippen LogP contribution in [0.3, 0.4) is 0 Å². The molecule has 0 bridgehead atoms. The van der Waals surface area contributed by atoms with Crippen molar-refractivity contribution in [1.82, 2.24) is 14.7 Å². The number of rotatable bonds is 4. The predicted octanol–water partition coefficient (Wildman–Crippen LogP) is -1.61. The average Bonchev–Trinajstić information content (AvgIpc) is 2.04. The first-order chi connectivity index (χ1) is 6.26. The molecule has 0 aromatic heterocycles. The number of aliphatic hydroxyl groups excluding tert-OH is 2. The number of β-amino-alcohol motifs (C(OH)–C–C–N with tert-alkyl or cyclic N) is 2. The van der Waals surface area contributed by atoms with E-state index in [1.54, 1.807) is 0 Å². The van der Waals surface area contributed by atoms with Gasteiger partial charge in [0.05, 0.1) is 33.2 Å². The summed E-state index contributed by atoms with van der Waals surface area (Å²) < 4.78 is 0. The van der Waals surface area contributed by atoms with Crippen molar-refractivity contribution in [3.8, 4) is 0 Å². The van der Waals surface area contributed by atoms with E-state index in [1.165, 1.54) is 0 Å². The van der Waals surface area contributed by atoms with Crippen LogP contribution >= 0.6 is 0 Å². The summed E-state index contributed by atoms with van der Waals surface area (Å²) in [6, 6.07) is 0. The van der Waals surface area contributed by atoms with Gasteiger partial charge in [-0.15, -0.1) is 0 Å². The molecule has 1 rings (SSSR count). The molecule has 0 atom stereocenters. The highest BCUT2D eigenvalue weighted by molar-refractivity contribution is 4.66. The fourth-order valence-corrected chi connectivity index (χ4v) is 1.67. The van der Waals surface area contributed by atoms with Gasteiger partial charge in [0.1, 0.15) is 0 Å². The quantitative estimate of drug-likeness (QED) is 0.557. The number of aliphatic hydroxyl groups is 2. The Morgan fingerprint density at radius 1 is 0.923 bits per heavy atom. The lowest BCUT2D eigenvalue weighted by Gasteiger charge is -2.40. The maximum atomic E-state index is 8.79. The van der Waals surface area contributed by atoms with Gasteiger partial charge in [-0.2, -0.15) is 0 Å². The molecule has 0 aromatic rings. The van der Waals surface area contributed by atoms with Gasteiger partial charge < -0.3 is 10.2 Å². The van der Waals surface area contributed by atoms with Crippen LogP contribution < -0.4 is 0 Å². The Labute approximate surface area is 79.2 Å². The first kappa shape index (κ1) is 10.9. The molecule has 0 unspecified atom stereocenters. The van der Waals surface area contributed by atoms with Crippen LogP contribution in [0.25, 0.3) is 0 Å². The van der Waals surface area contributed by atoms with E-state index in [-0.39, 0.29) is 13.2 Å². The molecule has 1 aliphatic rings. The Morgan fingerprint density at radius 3 is 1.77 bits per heavy atom. The summed E-state index contributed by atoms with van der Waals surface area (Å²) >= 11 is 0. The molecule has 1 aliphatic heterocycles. The number of hydrogen-bond donors (Lipinski definition) is 2. The first-order valence-corrected chi connectivity index (χ1v) is 4.61. The molecule has 0 amide bonds. The Morgan fingerprint density at radius 2 is 1.38 bits per heavy atom. The molecule has 1 fully saturated rings. The smallest absolute Gasteiger partial charge is 0.0559 e. The van der Waals surface area contributed by atoms with Gasteiger partial charge >= 0.3 is 0 Å². The predicted molar refractivity (Wildman–Crippen MR) is 49.9 cm³/mol. The van der Waals surface area contributed by atoms with Gasteiger partial charge in [-0.1, -0.05) is 0 Å². The van der Waals surface area contributed by atoms with Crippen LogP contribution in [0.4, 0.5) is 0 Å². The van der Waals surface area contributed by atoms with Crippen LogP contribution in [-0.4, -0.2) is 78.3 Å². The minimum atomic E-state index is 0.195. The van der Waals surface area contributed by atoms with Crippen LogP contribution in [0, 0.1) is 0 Å². The van der Waals surface area contributed by atoms with Crippen LogP contribution in [0.5, 0.6) is 0 Å². The molecule has 0 radical (unpaired) electrons. The lowest BCUT2D eigenvalue weighted by Crippen LogP contribution is -2.54. The topological polar surface area (TPSA) is 50.2 Å². The van der Waals surface area contributed by atoms with E-state index in [1.807, 2.05) is 7.05 Å². The fourth-order valence-electron chi connectivity index (χ4n) is 1.67. The summed E-state index contributed by atoms with van der Waals surface area (Å²) in [7, 11) is 2.04. The largest absolute Gasteiger partial charge is 0.395 e. The number of nitrogens with zero attached hydrogens (tertiary/aromatic N) is 3. The van der Waals surface area contributed by atoms with Crippen LogP contribution in [-0.2, 0) is 0 Å². The van der Waals surface area contributed by atoms with Crippen LogP contribution in [0.2, 0.25) is 0 Å². The first-order valence-electron chi connectivity index (χ1n) is 4.61. The summed E-state index contributed by atoms with van der Waals surface area (Å²) in [5.41, 5.74) is 0. The van der Waals surface area contributed by atoms with Crippen molar-refractivity contribution in [2.24, 2.45) is 0 Å². The highest BCUT2D eigenvalue weighted by Gasteiger charge is 2.19. The molecule has 13 heavy (non-hydrogen) atoms. The number of hydrogen-bond acceptors (Lipinski definition) is 5. The average molecular weight is 189 g/mol. The Bertz CT molecular complexity index is 131. The summed E-state index contributed by atoms with van der Waals surface area (Å²) in [6.45, 7) is 4.41. The monoisotopic (exact) mass is 189 g/mol. The molecule has 1 saturated heterocycles. The maximum Gasteiger partial charge on any atom is 0.0559 e. The molecular weight excluding hydrogens is 170 g/mol. The maximum absolute atomic E-state index is 8.79. The van der Waals surface area contributed by atoms with Gasteiger partial charge in [0.15, 0.2) is 0 Å². The lowest BCUT2D eigenvalue weighted by molar-refractivity contribution is -0.0279. The summed E-state index contributed by atoms with van der Waals surface area (Å²) in [5, 5.41) is 17.6. The van der Waals surface area contributed by atoms with Crippen molar-refractivity contribution in [2.45, 2.75) is 0 Å². The van der Waals surface area contributed by atoms with E-state index in [0.717, 1.165) is 20.0 Å².